The Bertz CT molecular complexity index is 421. The second-order valence-corrected chi connectivity index (χ2v) is 3.81. The summed E-state index contributed by atoms with van der Waals surface area (Å²) in [6.45, 7) is 3.61. The first kappa shape index (κ1) is 10.6. The Morgan fingerprint density at radius 3 is 2.50 bits per heavy atom. The maximum atomic E-state index is 11.9. The van der Waals surface area contributed by atoms with Crippen LogP contribution in [0.15, 0.2) is 43.0 Å². The average Bonchev–Trinajstić information content (AvgIpc) is 2.60. The van der Waals surface area contributed by atoms with Gasteiger partial charge in [-0.25, -0.2) is 5.32 Å². The molecule has 1 saturated heterocycles. The van der Waals surface area contributed by atoms with Gasteiger partial charge in [-0.2, -0.15) is 0 Å². The number of rotatable bonds is 3. The van der Waals surface area contributed by atoms with Crippen LogP contribution in [0.5, 0.6) is 0 Å². The number of hydrogen-bond acceptors (Lipinski definition) is 2. The van der Waals surface area contributed by atoms with E-state index in [-0.39, 0.29) is 18.2 Å². The second kappa shape index (κ2) is 3.93. The van der Waals surface area contributed by atoms with E-state index >= 15 is 0 Å². The number of nitrogens with zero attached hydrogens (tertiary/aromatic N) is 1. The molecule has 0 spiro atoms. The second-order valence-electron chi connectivity index (χ2n) is 3.81. The molecule has 0 aliphatic carbocycles. The van der Waals surface area contributed by atoms with Crippen molar-refractivity contribution < 1.29 is 9.59 Å². The lowest BCUT2D eigenvalue weighted by Gasteiger charge is -2.22. The van der Waals surface area contributed by atoms with Crippen LogP contribution in [-0.4, -0.2) is 18.2 Å². The number of benzene rings is 1. The Morgan fingerprint density at radius 1 is 1.31 bits per heavy atom. The van der Waals surface area contributed by atoms with Gasteiger partial charge in [0, 0.05) is 0 Å². The van der Waals surface area contributed by atoms with Crippen molar-refractivity contribution in [3.05, 3.63) is 48.6 Å². The number of amides is 1. The molecule has 16 heavy (non-hydrogen) atoms. The van der Waals surface area contributed by atoms with Gasteiger partial charge in [0.15, 0.2) is 5.78 Å². The summed E-state index contributed by atoms with van der Waals surface area (Å²) in [4.78, 5) is 23.8. The highest BCUT2D eigenvalue weighted by molar-refractivity contribution is 6.17. The van der Waals surface area contributed by atoms with E-state index < -0.39 is 5.41 Å². The van der Waals surface area contributed by atoms with Crippen molar-refractivity contribution in [3.63, 3.8) is 0 Å². The van der Waals surface area contributed by atoms with E-state index in [4.69, 9.17) is 0 Å². The largest absolute Gasteiger partial charge is 0.296 e. The summed E-state index contributed by atoms with van der Waals surface area (Å²) in [5, 5.41) is 3.73. The molecule has 1 atom stereocenters. The number of Topliss-reactive ketones (excluding diaryl/α,β-unsaturated/α-hetero) is 1. The lowest BCUT2D eigenvalue weighted by molar-refractivity contribution is -0.129. The van der Waals surface area contributed by atoms with E-state index in [1.165, 1.54) is 0 Å². The Labute approximate surface area is 94.2 Å². The maximum Gasteiger partial charge on any atom is 0.260 e. The molecule has 1 unspecified atom stereocenters. The van der Waals surface area contributed by atoms with E-state index in [0.717, 1.165) is 0 Å². The van der Waals surface area contributed by atoms with Crippen molar-refractivity contribution >= 4 is 11.7 Å². The van der Waals surface area contributed by atoms with Crippen molar-refractivity contribution in [1.29, 1.82) is 0 Å². The third-order valence-electron chi connectivity index (χ3n) is 2.92. The molecule has 1 aliphatic rings. The predicted molar refractivity (Wildman–Crippen MR) is 59.9 cm³/mol. The normalized spacial score (nSPS) is 24.2. The van der Waals surface area contributed by atoms with Crippen LogP contribution in [0.1, 0.15) is 12.0 Å². The van der Waals surface area contributed by atoms with Crippen LogP contribution in [0.4, 0.5) is 0 Å². The molecule has 1 aliphatic heterocycles. The van der Waals surface area contributed by atoms with Crippen molar-refractivity contribution in [2.75, 3.05) is 6.54 Å². The van der Waals surface area contributed by atoms with Gasteiger partial charge in [0.1, 0.15) is 12.0 Å². The lowest BCUT2D eigenvalue weighted by Crippen LogP contribution is -2.38. The molecule has 0 saturated carbocycles. The topological polar surface area (TPSA) is 48.2 Å². The van der Waals surface area contributed by atoms with Crippen LogP contribution in [0.3, 0.4) is 0 Å². The molecule has 1 aromatic carbocycles. The van der Waals surface area contributed by atoms with Gasteiger partial charge in [-0.05, 0) is 12.0 Å². The first-order valence-corrected chi connectivity index (χ1v) is 5.13. The minimum atomic E-state index is -1.11. The van der Waals surface area contributed by atoms with Crippen LogP contribution in [0, 0.1) is 0 Å². The fraction of sp³-hybridized carbons (Fsp3) is 0.231. The van der Waals surface area contributed by atoms with Crippen LogP contribution in [-0.2, 0) is 15.0 Å². The molecule has 1 aromatic rings. The van der Waals surface area contributed by atoms with Crippen molar-refractivity contribution in [1.82, 2.24) is 5.32 Å². The first-order chi connectivity index (χ1) is 7.71. The molecule has 81 valence electrons. The van der Waals surface area contributed by atoms with Crippen LogP contribution >= 0.6 is 0 Å². The molecular formula is C13H12NO2. The van der Waals surface area contributed by atoms with E-state index in [9.17, 15) is 9.59 Å². The fourth-order valence-electron chi connectivity index (χ4n) is 2.08. The van der Waals surface area contributed by atoms with Gasteiger partial charge in [-0.15, -0.1) is 6.58 Å². The highest BCUT2D eigenvalue weighted by Crippen LogP contribution is 2.33. The number of hydrogen-bond donors (Lipinski definition) is 0. The van der Waals surface area contributed by atoms with E-state index in [1.807, 2.05) is 18.2 Å². The zero-order chi connectivity index (χ0) is 11.6. The van der Waals surface area contributed by atoms with Crippen LogP contribution in [0.25, 0.3) is 0 Å². The molecule has 1 radical (unpaired) electrons. The summed E-state index contributed by atoms with van der Waals surface area (Å²) in [5.74, 6) is -0.479. The highest BCUT2D eigenvalue weighted by atomic mass is 16.2. The Kier molecular flexibility index (Phi) is 2.60. The third-order valence-corrected chi connectivity index (χ3v) is 2.92. The van der Waals surface area contributed by atoms with Crippen LogP contribution < -0.4 is 5.32 Å². The Hall–Kier alpha value is -1.90. The van der Waals surface area contributed by atoms with Gasteiger partial charge < -0.3 is 0 Å². The Morgan fingerprint density at radius 2 is 2.00 bits per heavy atom. The van der Waals surface area contributed by atoms with E-state index in [0.29, 0.717) is 12.0 Å². The van der Waals surface area contributed by atoms with Gasteiger partial charge in [0.2, 0.25) is 0 Å². The standard InChI is InChI=1S/C13H12NO2/c1-2-8-13(10-6-4-3-5-7-10)11(15)9-14-12(13)16/h2-7H,1,8-9H2. The van der Waals surface area contributed by atoms with Gasteiger partial charge in [-0.3, -0.25) is 9.59 Å². The predicted octanol–water partition coefficient (Wildman–Crippen LogP) is 1.21. The maximum absolute atomic E-state index is 11.9. The molecule has 2 rings (SSSR count). The average molecular weight is 214 g/mol. The van der Waals surface area contributed by atoms with Gasteiger partial charge in [0.25, 0.3) is 5.91 Å². The Balaban J connectivity index is 2.55. The molecular weight excluding hydrogens is 202 g/mol. The molecule has 1 amide bonds. The molecule has 1 heterocycles. The molecule has 0 aromatic heterocycles. The fourth-order valence-corrected chi connectivity index (χ4v) is 2.08. The van der Waals surface area contributed by atoms with Gasteiger partial charge >= 0.3 is 0 Å². The van der Waals surface area contributed by atoms with Crippen molar-refractivity contribution in [3.8, 4) is 0 Å². The summed E-state index contributed by atoms with van der Waals surface area (Å²) in [5.41, 5.74) is -0.394. The van der Waals surface area contributed by atoms with Crippen molar-refractivity contribution in [2.24, 2.45) is 0 Å². The zero-order valence-corrected chi connectivity index (χ0v) is 8.85. The highest BCUT2D eigenvalue weighted by Gasteiger charge is 2.51. The van der Waals surface area contributed by atoms with Crippen LogP contribution in [0.2, 0.25) is 0 Å². The number of carbonyl (C=O) groups is 2. The minimum absolute atomic E-state index is 0.0123. The van der Waals surface area contributed by atoms with E-state index in [2.05, 4.69) is 11.9 Å². The minimum Gasteiger partial charge on any atom is -0.296 e. The molecule has 3 heteroatoms. The SMILES string of the molecule is C=CCC1(c2ccccc2)C(=O)C[N]C1=O. The van der Waals surface area contributed by atoms with E-state index in [1.54, 1.807) is 18.2 Å². The van der Waals surface area contributed by atoms with Crippen molar-refractivity contribution in [2.45, 2.75) is 11.8 Å². The quantitative estimate of drug-likeness (QED) is 0.561. The smallest absolute Gasteiger partial charge is 0.260 e. The van der Waals surface area contributed by atoms with Gasteiger partial charge in [-0.1, -0.05) is 36.4 Å². The summed E-state index contributed by atoms with van der Waals surface area (Å²) >= 11 is 0. The third kappa shape index (κ3) is 1.36. The lowest BCUT2D eigenvalue weighted by atomic mass is 9.75. The number of ketones is 1. The molecule has 0 bridgehead atoms. The molecule has 1 fully saturated rings. The molecule has 0 N–H and O–H groups in total. The summed E-state index contributed by atoms with van der Waals surface area (Å²) in [7, 11) is 0. The number of allylic oxidation sites excluding steroid dienone is 1. The van der Waals surface area contributed by atoms with Gasteiger partial charge in [0.05, 0.1) is 0 Å². The number of carbonyl (C=O) groups excluding carboxylic acids is 2. The summed E-state index contributed by atoms with van der Waals surface area (Å²) in [6.07, 6.45) is 1.92. The molecule has 3 nitrogen and oxygen atoms in total. The summed E-state index contributed by atoms with van der Waals surface area (Å²) < 4.78 is 0. The first-order valence-electron chi connectivity index (χ1n) is 5.13. The monoisotopic (exact) mass is 214 g/mol. The summed E-state index contributed by atoms with van der Waals surface area (Å²) in [6, 6.07) is 9.07. The zero-order valence-electron chi connectivity index (χ0n) is 8.85.